The van der Waals surface area contributed by atoms with Crippen molar-refractivity contribution >= 4 is 5.97 Å². The molecule has 5 nitrogen and oxygen atoms in total. The number of para-hydroxylation sites is 1. The van der Waals surface area contributed by atoms with Crippen molar-refractivity contribution in [3.8, 4) is 11.5 Å². The molecule has 5 heteroatoms. The van der Waals surface area contributed by atoms with Gasteiger partial charge >= 0.3 is 5.97 Å². The average molecular weight is 259 g/mol. The highest BCUT2D eigenvalue weighted by Gasteiger charge is 2.13. The fourth-order valence-corrected chi connectivity index (χ4v) is 1.69. The Balaban J connectivity index is 2.34. The lowest BCUT2D eigenvalue weighted by molar-refractivity contribution is 0.0694. The van der Waals surface area contributed by atoms with Crippen molar-refractivity contribution in [2.24, 2.45) is 0 Å². The van der Waals surface area contributed by atoms with Gasteiger partial charge in [-0.1, -0.05) is 18.2 Å². The third-order valence-corrected chi connectivity index (χ3v) is 2.59. The second kappa shape index (κ2) is 5.97. The molecule has 1 aromatic carbocycles. The van der Waals surface area contributed by atoms with Crippen molar-refractivity contribution in [3.05, 3.63) is 53.9 Å². The third kappa shape index (κ3) is 3.08. The number of carbonyl (C=O) groups is 1. The van der Waals surface area contributed by atoms with E-state index in [2.05, 4.69) is 4.98 Å². The summed E-state index contributed by atoms with van der Waals surface area (Å²) < 4.78 is 5.60. The number of aliphatic hydroxyl groups excluding tert-OH is 1. The lowest BCUT2D eigenvalue weighted by atomic mass is 10.1. The molecule has 1 heterocycles. The van der Waals surface area contributed by atoms with E-state index in [-0.39, 0.29) is 17.9 Å². The van der Waals surface area contributed by atoms with Crippen LogP contribution in [0, 0.1) is 0 Å². The number of benzene rings is 1. The Labute approximate surface area is 110 Å². The summed E-state index contributed by atoms with van der Waals surface area (Å²) in [5, 5.41) is 18.1. The highest BCUT2D eigenvalue weighted by Crippen LogP contribution is 2.27. The van der Waals surface area contributed by atoms with Crippen LogP contribution in [0.1, 0.15) is 15.9 Å². The van der Waals surface area contributed by atoms with Gasteiger partial charge in [0.2, 0.25) is 0 Å². The predicted octanol–water partition coefficient (Wildman–Crippen LogP) is 2.11. The molecule has 98 valence electrons. The van der Waals surface area contributed by atoms with Crippen molar-refractivity contribution in [2.45, 2.75) is 6.42 Å². The summed E-state index contributed by atoms with van der Waals surface area (Å²) in [4.78, 5) is 14.9. The first kappa shape index (κ1) is 13.0. The van der Waals surface area contributed by atoms with Crippen LogP contribution in [-0.2, 0) is 6.42 Å². The summed E-state index contributed by atoms with van der Waals surface area (Å²) in [6.07, 6.45) is 3.20. The summed E-state index contributed by atoms with van der Waals surface area (Å²) in [5.74, 6) is -0.371. The van der Waals surface area contributed by atoms with Gasteiger partial charge in [-0.2, -0.15) is 0 Å². The van der Waals surface area contributed by atoms with E-state index < -0.39 is 5.97 Å². The fourth-order valence-electron chi connectivity index (χ4n) is 1.69. The Morgan fingerprint density at radius 1 is 1.21 bits per heavy atom. The number of nitrogens with zero attached hydrogens (tertiary/aromatic N) is 1. The minimum atomic E-state index is -1.07. The maximum absolute atomic E-state index is 11.1. The molecule has 0 amide bonds. The number of carboxylic acids is 1. The summed E-state index contributed by atoms with van der Waals surface area (Å²) in [6, 6.07) is 8.55. The van der Waals surface area contributed by atoms with Crippen molar-refractivity contribution in [1.82, 2.24) is 4.98 Å². The zero-order valence-electron chi connectivity index (χ0n) is 10.1. The minimum Gasteiger partial charge on any atom is -0.478 e. The van der Waals surface area contributed by atoms with E-state index in [1.165, 1.54) is 18.5 Å². The van der Waals surface area contributed by atoms with Crippen molar-refractivity contribution < 1.29 is 19.7 Å². The van der Waals surface area contributed by atoms with Crippen LogP contribution in [0.3, 0.4) is 0 Å². The SMILES string of the molecule is O=C(O)c1ccncc1Oc1ccccc1CCO. The van der Waals surface area contributed by atoms with E-state index in [0.29, 0.717) is 12.2 Å². The van der Waals surface area contributed by atoms with Gasteiger partial charge in [0.1, 0.15) is 11.3 Å². The van der Waals surface area contributed by atoms with Crippen LogP contribution < -0.4 is 4.74 Å². The first-order valence-electron chi connectivity index (χ1n) is 5.76. The van der Waals surface area contributed by atoms with E-state index in [4.69, 9.17) is 14.9 Å². The summed E-state index contributed by atoms with van der Waals surface area (Å²) in [6.45, 7) is -0.000793. The molecule has 2 aromatic rings. The molecule has 1 aromatic heterocycles. The molecule has 0 bridgehead atoms. The number of aromatic nitrogens is 1. The first-order valence-corrected chi connectivity index (χ1v) is 5.76. The lowest BCUT2D eigenvalue weighted by Gasteiger charge is -2.11. The monoisotopic (exact) mass is 259 g/mol. The molecule has 2 N–H and O–H groups in total. The highest BCUT2D eigenvalue weighted by molar-refractivity contribution is 5.90. The lowest BCUT2D eigenvalue weighted by Crippen LogP contribution is -2.02. The molecule has 19 heavy (non-hydrogen) atoms. The zero-order chi connectivity index (χ0) is 13.7. The Hall–Kier alpha value is -2.40. The van der Waals surface area contributed by atoms with Gasteiger partial charge in [-0.25, -0.2) is 4.79 Å². The summed E-state index contributed by atoms with van der Waals surface area (Å²) in [5.41, 5.74) is 0.860. The van der Waals surface area contributed by atoms with E-state index in [1.807, 2.05) is 12.1 Å². The molecule has 0 saturated carbocycles. The van der Waals surface area contributed by atoms with Crippen molar-refractivity contribution in [2.75, 3.05) is 6.61 Å². The first-order chi connectivity index (χ1) is 9.22. The number of aromatic carboxylic acids is 1. The molecule has 0 aliphatic heterocycles. The Morgan fingerprint density at radius 3 is 2.74 bits per heavy atom. The van der Waals surface area contributed by atoms with Crippen LogP contribution in [0.2, 0.25) is 0 Å². The average Bonchev–Trinajstić information content (AvgIpc) is 2.42. The van der Waals surface area contributed by atoms with Gasteiger partial charge in [-0.3, -0.25) is 4.98 Å². The Morgan fingerprint density at radius 2 is 2.00 bits per heavy atom. The number of hydrogen-bond acceptors (Lipinski definition) is 4. The van der Waals surface area contributed by atoms with Crippen LogP contribution >= 0.6 is 0 Å². The van der Waals surface area contributed by atoms with Gasteiger partial charge in [-0.05, 0) is 24.1 Å². The van der Waals surface area contributed by atoms with E-state index in [9.17, 15) is 4.79 Å². The minimum absolute atomic E-state index is 0.000793. The van der Waals surface area contributed by atoms with Crippen LogP contribution in [0.4, 0.5) is 0 Å². The molecule has 0 spiro atoms. The van der Waals surface area contributed by atoms with Gasteiger partial charge < -0.3 is 14.9 Å². The number of aliphatic hydroxyl groups is 1. The predicted molar refractivity (Wildman–Crippen MR) is 68.5 cm³/mol. The van der Waals surface area contributed by atoms with Crippen molar-refractivity contribution in [1.29, 1.82) is 0 Å². The van der Waals surface area contributed by atoms with E-state index >= 15 is 0 Å². The van der Waals surface area contributed by atoms with Gasteiger partial charge in [-0.15, -0.1) is 0 Å². The molecular weight excluding hydrogens is 246 g/mol. The van der Waals surface area contributed by atoms with Gasteiger partial charge in [0.15, 0.2) is 5.75 Å². The number of carboxylic acid groups (broad SMARTS) is 1. The van der Waals surface area contributed by atoms with Crippen molar-refractivity contribution in [3.63, 3.8) is 0 Å². The van der Waals surface area contributed by atoms with Gasteiger partial charge in [0.05, 0.1) is 6.20 Å². The maximum atomic E-state index is 11.1. The second-order valence-corrected chi connectivity index (χ2v) is 3.86. The molecule has 0 fully saturated rings. The number of ether oxygens (including phenoxy) is 1. The normalized spacial score (nSPS) is 10.2. The second-order valence-electron chi connectivity index (χ2n) is 3.86. The van der Waals surface area contributed by atoms with E-state index in [0.717, 1.165) is 5.56 Å². The quantitative estimate of drug-likeness (QED) is 0.859. The molecule has 0 atom stereocenters. The maximum Gasteiger partial charge on any atom is 0.339 e. The largest absolute Gasteiger partial charge is 0.478 e. The summed E-state index contributed by atoms with van der Waals surface area (Å²) in [7, 11) is 0. The third-order valence-electron chi connectivity index (χ3n) is 2.59. The molecule has 0 aliphatic carbocycles. The van der Waals surface area contributed by atoms with Crippen LogP contribution in [0.15, 0.2) is 42.7 Å². The van der Waals surface area contributed by atoms with Gasteiger partial charge in [0, 0.05) is 12.8 Å². The fraction of sp³-hybridized carbons (Fsp3) is 0.143. The molecule has 0 radical (unpaired) electrons. The molecule has 0 unspecified atom stereocenters. The molecule has 0 saturated heterocycles. The summed E-state index contributed by atoms with van der Waals surface area (Å²) >= 11 is 0. The number of pyridine rings is 1. The number of hydrogen-bond donors (Lipinski definition) is 2. The van der Waals surface area contributed by atoms with Crippen LogP contribution in [0.25, 0.3) is 0 Å². The van der Waals surface area contributed by atoms with E-state index in [1.54, 1.807) is 12.1 Å². The van der Waals surface area contributed by atoms with Crippen LogP contribution in [0.5, 0.6) is 11.5 Å². The number of rotatable bonds is 5. The zero-order valence-corrected chi connectivity index (χ0v) is 10.1. The van der Waals surface area contributed by atoms with Crippen LogP contribution in [-0.4, -0.2) is 27.8 Å². The topological polar surface area (TPSA) is 79.7 Å². The molecule has 2 rings (SSSR count). The Kier molecular flexibility index (Phi) is 4.10. The molecule has 0 aliphatic rings. The smallest absolute Gasteiger partial charge is 0.339 e. The standard InChI is InChI=1S/C14H13NO4/c16-8-6-10-3-1-2-4-12(10)19-13-9-15-7-5-11(13)14(17)18/h1-5,7,9,16H,6,8H2,(H,17,18). The van der Waals surface area contributed by atoms with Gasteiger partial charge in [0.25, 0.3) is 0 Å². The Bertz CT molecular complexity index is 583. The molecular formula is C14H13NO4. The highest BCUT2D eigenvalue weighted by atomic mass is 16.5.